The molecule has 0 saturated heterocycles. The molecule has 0 amide bonds. The quantitative estimate of drug-likeness (QED) is 0.756. The normalized spacial score (nSPS) is 23.0. The molecule has 0 radical (unpaired) electrons. The zero-order valence-electron chi connectivity index (χ0n) is 17.5. The van der Waals surface area contributed by atoms with Crippen LogP contribution in [0.5, 0.6) is 5.75 Å². The summed E-state index contributed by atoms with van der Waals surface area (Å²) in [7, 11) is 0.137. The molecule has 1 aromatic rings. The first-order valence-corrected chi connectivity index (χ1v) is 11.2. The largest absolute Gasteiger partial charge is 0.487 e. The van der Waals surface area contributed by atoms with E-state index in [1.807, 2.05) is 25.9 Å². The molecule has 28 heavy (non-hydrogen) atoms. The number of hydrogen-bond acceptors (Lipinski definition) is 5. The predicted molar refractivity (Wildman–Crippen MR) is 111 cm³/mol. The van der Waals surface area contributed by atoms with Gasteiger partial charge in [0, 0.05) is 37.0 Å². The first-order chi connectivity index (χ1) is 13.2. The van der Waals surface area contributed by atoms with Gasteiger partial charge in [-0.25, -0.2) is 8.42 Å². The van der Waals surface area contributed by atoms with Crippen molar-refractivity contribution in [1.82, 2.24) is 9.21 Å². The van der Waals surface area contributed by atoms with E-state index in [4.69, 9.17) is 4.74 Å². The number of ether oxygens (including phenoxy) is 1. The highest BCUT2D eigenvalue weighted by Crippen LogP contribution is 2.34. The van der Waals surface area contributed by atoms with Gasteiger partial charge in [0.05, 0.1) is 6.61 Å². The van der Waals surface area contributed by atoms with Gasteiger partial charge in [0.25, 0.3) is 0 Å². The standard InChI is InChI=1S/C21H32N2O4S/c1-6-7-8-9-18-10-11-21-19(12-18)27-20(14-22(4)5)16(2)13-23(17(3)15-24)28(21,25)26/h10-12,16-17,20,24H,6-7,13-15H2,1-5H3/t16-,17-,20-/m1/s1. The molecule has 0 bridgehead atoms. The van der Waals surface area contributed by atoms with Crippen LogP contribution in [0.3, 0.4) is 0 Å². The summed E-state index contributed by atoms with van der Waals surface area (Å²) >= 11 is 0. The van der Waals surface area contributed by atoms with E-state index in [1.165, 1.54) is 4.31 Å². The van der Waals surface area contributed by atoms with Gasteiger partial charge in [0.1, 0.15) is 16.7 Å². The summed E-state index contributed by atoms with van der Waals surface area (Å²) in [6, 6.07) is 4.50. The van der Waals surface area contributed by atoms with Crippen LogP contribution < -0.4 is 4.74 Å². The molecular formula is C21H32N2O4S. The van der Waals surface area contributed by atoms with Crippen molar-refractivity contribution in [1.29, 1.82) is 0 Å². The first kappa shape index (κ1) is 22.7. The van der Waals surface area contributed by atoms with E-state index in [0.29, 0.717) is 18.8 Å². The molecule has 6 nitrogen and oxygen atoms in total. The maximum atomic E-state index is 13.3. The lowest BCUT2D eigenvalue weighted by Crippen LogP contribution is -2.49. The Labute approximate surface area is 169 Å². The van der Waals surface area contributed by atoms with E-state index in [2.05, 4.69) is 18.8 Å². The Morgan fingerprint density at radius 2 is 2.11 bits per heavy atom. The Bertz CT molecular complexity index is 827. The number of likely N-dealkylation sites (N-methyl/N-ethyl adjacent to an activating group) is 1. The van der Waals surface area contributed by atoms with Crippen LogP contribution in [0.4, 0.5) is 0 Å². The number of benzene rings is 1. The van der Waals surface area contributed by atoms with Gasteiger partial charge in [0.2, 0.25) is 10.0 Å². The van der Waals surface area contributed by atoms with Crippen LogP contribution >= 0.6 is 0 Å². The lowest BCUT2D eigenvalue weighted by atomic mass is 10.0. The van der Waals surface area contributed by atoms with E-state index in [0.717, 1.165) is 18.4 Å². The van der Waals surface area contributed by atoms with E-state index in [1.54, 1.807) is 25.1 Å². The fourth-order valence-electron chi connectivity index (χ4n) is 3.17. The van der Waals surface area contributed by atoms with Crippen LogP contribution in [-0.4, -0.2) is 68.7 Å². The number of aliphatic hydroxyl groups excluding tert-OH is 1. The summed E-state index contributed by atoms with van der Waals surface area (Å²) in [5, 5.41) is 9.63. The van der Waals surface area contributed by atoms with Crippen molar-refractivity contribution in [2.24, 2.45) is 5.92 Å². The molecule has 7 heteroatoms. The van der Waals surface area contributed by atoms with Crippen LogP contribution in [-0.2, 0) is 10.0 Å². The van der Waals surface area contributed by atoms with Gasteiger partial charge >= 0.3 is 0 Å². The molecule has 0 aromatic heterocycles. The Morgan fingerprint density at radius 3 is 2.71 bits per heavy atom. The van der Waals surface area contributed by atoms with Crippen LogP contribution in [0.25, 0.3) is 0 Å². The van der Waals surface area contributed by atoms with Crippen molar-refractivity contribution >= 4 is 10.0 Å². The highest BCUT2D eigenvalue weighted by Gasteiger charge is 2.37. The molecule has 1 aromatic carbocycles. The third-order valence-electron chi connectivity index (χ3n) is 4.82. The Kier molecular flexibility index (Phi) is 7.90. The average molecular weight is 409 g/mol. The van der Waals surface area contributed by atoms with Crippen molar-refractivity contribution in [2.45, 2.75) is 50.7 Å². The lowest BCUT2D eigenvalue weighted by molar-refractivity contribution is 0.0812. The van der Waals surface area contributed by atoms with Gasteiger partial charge in [-0.3, -0.25) is 0 Å². The average Bonchev–Trinajstić information content (AvgIpc) is 2.63. The SMILES string of the molecule is CCCC#Cc1ccc2c(c1)O[C@H](CN(C)C)[C@H](C)CN([C@H](C)CO)S2(=O)=O. The highest BCUT2D eigenvalue weighted by molar-refractivity contribution is 7.89. The maximum Gasteiger partial charge on any atom is 0.247 e. The van der Waals surface area contributed by atoms with E-state index >= 15 is 0 Å². The molecule has 2 rings (SSSR count). The first-order valence-electron chi connectivity index (χ1n) is 9.77. The highest BCUT2D eigenvalue weighted by atomic mass is 32.2. The number of hydrogen-bond donors (Lipinski definition) is 1. The molecule has 0 aliphatic carbocycles. The number of unbranched alkanes of at least 4 members (excludes halogenated alkanes) is 1. The maximum absolute atomic E-state index is 13.3. The van der Waals surface area contributed by atoms with Crippen LogP contribution in [0.2, 0.25) is 0 Å². The Hall–Kier alpha value is -1.59. The van der Waals surface area contributed by atoms with Gasteiger partial charge in [-0.1, -0.05) is 25.7 Å². The van der Waals surface area contributed by atoms with Crippen molar-refractivity contribution in [3.63, 3.8) is 0 Å². The molecular weight excluding hydrogens is 376 g/mol. The smallest absolute Gasteiger partial charge is 0.247 e. The van der Waals surface area contributed by atoms with E-state index < -0.39 is 16.1 Å². The minimum Gasteiger partial charge on any atom is -0.487 e. The molecule has 1 heterocycles. The molecule has 1 aliphatic heterocycles. The Morgan fingerprint density at radius 1 is 1.39 bits per heavy atom. The van der Waals surface area contributed by atoms with Gasteiger partial charge in [0.15, 0.2) is 0 Å². The summed E-state index contributed by atoms with van der Waals surface area (Å²) in [6.45, 7) is 6.48. The monoisotopic (exact) mass is 408 g/mol. The number of aliphatic hydroxyl groups is 1. The van der Waals surface area contributed by atoms with Crippen molar-refractivity contribution in [3.05, 3.63) is 23.8 Å². The summed E-state index contributed by atoms with van der Waals surface area (Å²) in [5.41, 5.74) is 0.737. The van der Waals surface area contributed by atoms with Gasteiger partial charge < -0.3 is 14.7 Å². The molecule has 156 valence electrons. The van der Waals surface area contributed by atoms with Gasteiger partial charge in [-0.15, -0.1) is 0 Å². The van der Waals surface area contributed by atoms with E-state index in [-0.39, 0.29) is 23.5 Å². The Balaban J connectivity index is 2.57. The summed E-state index contributed by atoms with van der Waals surface area (Å²) in [4.78, 5) is 2.16. The van der Waals surface area contributed by atoms with Crippen LogP contribution in [0.15, 0.2) is 23.1 Å². The minimum absolute atomic E-state index is 0.0471. The second-order valence-electron chi connectivity index (χ2n) is 7.72. The number of sulfonamides is 1. The zero-order valence-corrected chi connectivity index (χ0v) is 18.3. The third-order valence-corrected chi connectivity index (χ3v) is 6.84. The van der Waals surface area contributed by atoms with E-state index in [9.17, 15) is 13.5 Å². The third kappa shape index (κ3) is 5.26. The molecule has 0 unspecified atom stereocenters. The number of nitrogens with zero attached hydrogens (tertiary/aromatic N) is 2. The summed E-state index contributed by atoms with van der Waals surface area (Å²) < 4.78 is 34.2. The molecule has 0 saturated carbocycles. The zero-order chi connectivity index (χ0) is 20.9. The number of rotatable bonds is 5. The lowest BCUT2D eigenvalue weighted by Gasteiger charge is -2.37. The van der Waals surface area contributed by atoms with Crippen molar-refractivity contribution in [3.8, 4) is 17.6 Å². The van der Waals surface area contributed by atoms with Crippen molar-refractivity contribution in [2.75, 3.05) is 33.8 Å². The molecule has 1 N–H and O–H groups in total. The van der Waals surface area contributed by atoms with Crippen LogP contribution in [0.1, 0.15) is 39.2 Å². The number of fused-ring (bicyclic) bond motifs is 1. The molecule has 1 aliphatic rings. The molecule has 0 spiro atoms. The van der Waals surface area contributed by atoms with Gasteiger partial charge in [-0.05, 0) is 45.6 Å². The molecule has 3 atom stereocenters. The second-order valence-corrected chi connectivity index (χ2v) is 9.57. The minimum atomic E-state index is -3.79. The van der Waals surface area contributed by atoms with Gasteiger partial charge in [-0.2, -0.15) is 4.31 Å². The predicted octanol–water partition coefficient (Wildman–Crippen LogP) is 2.17. The second kappa shape index (κ2) is 9.75. The fourth-order valence-corrected chi connectivity index (χ4v) is 5.00. The van der Waals surface area contributed by atoms with Crippen molar-refractivity contribution < 1.29 is 18.3 Å². The topological polar surface area (TPSA) is 70.1 Å². The summed E-state index contributed by atoms with van der Waals surface area (Å²) in [6.07, 6.45) is 1.58. The summed E-state index contributed by atoms with van der Waals surface area (Å²) in [5.74, 6) is 6.45. The van der Waals surface area contributed by atoms with Crippen LogP contribution in [0, 0.1) is 17.8 Å². The fraction of sp³-hybridized carbons (Fsp3) is 0.619. The molecule has 0 fully saturated rings.